The molecule has 1 N–H and O–H groups in total. The number of hydrogen-bond donors (Lipinski definition) is 1. The van der Waals surface area contributed by atoms with Crippen molar-refractivity contribution in [1.29, 1.82) is 0 Å². The SMILES string of the molecule is CC(C)CN=C1NC(=O)C(=Cc2ccc3ncccc3c2)S1. The van der Waals surface area contributed by atoms with E-state index in [0.29, 0.717) is 16.0 Å². The maximum atomic E-state index is 12.0. The van der Waals surface area contributed by atoms with Gasteiger partial charge in [-0.2, -0.15) is 0 Å². The second kappa shape index (κ2) is 6.32. The number of hydrogen-bond acceptors (Lipinski definition) is 4. The normalized spacial score (nSPS) is 18.6. The van der Waals surface area contributed by atoms with E-state index in [1.54, 1.807) is 6.20 Å². The summed E-state index contributed by atoms with van der Waals surface area (Å²) >= 11 is 1.40. The minimum atomic E-state index is -0.0845. The fraction of sp³-hybridized carbons (Fsp3) is 0.235. The molecule has 1 aromatic heterocycles. The molecule has 0 radical (unpaired) electrons. The van der Waals surface area contributed by atoms with E-state index in [1.807, 2.05) is 36.4 Å². The Bertz CT molecular complexity index is 780. The first-order valence-electron chi connectivity index (χ1n) is 7.22. The molecule has 2 aromatic rings. The lowest BCUT2D eigenvalue weighted by Gasteiger charge is -1.99. The maximum absolute atomic E-state index is 12.0. The van der Waals surface area contributed by atoms with Crippen LogP contribution < -0.4 is 5.32 Å². The summed E-state index contributed by atoms with van der Waals surface area (Å²) in [6.45, 7) is 4.92. The van der Waals surface area contributed by atoms with E-state index in [1.165, 1.54) is 11.8 Å². The topological polar surface area (TPSA) is 54.4 Å². The van der Waals surface area contributed by atoms with Crippen LogP contribution in [-0.2, 0) is 4.79 Å². The molecule has 22 heavy (non-hydrogen) atoms. The minimum absolute atomic E-state index is 0.0845. The molecular formula is C17H17N3OS. The highest BCUT2D eigenvalue weighted by atomic mass is 32.2. The Balaban J connectivity index is 1.84. The van der Waals surface area contributed by atoms with Gasteiger partial charge < -0.3 is 5.32 Å². The molecule has 1 aliphatic rings. The molecule has 0 aliphatic carbocycles. The Morgan fingerprint density at radius 2 is 2.23 bits per heavy atom. The minimum Gasteiger partial charge on any atom is -0.301 e. The number of benzene rings is 1. The Hall–Kier alpha value is -2.14. The molecule has 2 heterocycles. The molecule has 1 aliphatic heterocycles. The van der Waals surface area contributed by atoms with Gasteiger partial charge in [-0.1, -0.05) is 26.0 Å². The van der Waals surface area contributed by atoms with Gasteiger partial charge >= 0.3 is 0 Å². The van der Waals surface area contributed by atoms with Crippen LogP contribution in [0.15, 0.2) is 46.4 Å². The predicted molar refractivity (Wildman–Crippen MR) is 92.6 cm³/mol. The lowest BCUT2D eigenvalue weighted by molar-refractivity contribution is -0.115. The summed E-state index contributed by atoms with van der Waals surface area (Å²) in [5.74, 6) is 0.393. The molecule has 0 unspecified atom stereocenters. The van der Waals surface area contributed by atoms with Crippen LogP contribution in [-0.4, -0.2) is 22.6 Å². The molecule has 3 rings (SSSR count). The molecule has 1 fully saturated rings. The molecule has 0 spiro atoms. The van der Waals surface area contributed by atoms with Crippen molar-refractivity contribution in [2.75, 3.05) is 6.54 Å². The highest BCUT2D eigenvalue weighted by Crippen LogP contribution is 2.27. The number of amides is 1. The van der Waals surface area contributed by atoms with Crippen molar-refractivity contribution in [2.24, 2.45) is 10.9 Å². The Morgan fingerprint density at radius 1 is 1.36 bits per heavy atom. The Morgan fingerprint density at radius 3 is 3.05 bits per heavy atom. The summed E-state index contributed by atoms with van der Waals surface area (Å²) in [5.41, 5.74) is 1.94. The summed E-state index contributed by atoms with van der Waals surface area (Å²) in [4.78, 5) is 21.4. The van der Waals surface area contributed by atoms with Gasteiger partial charge in [0.2, 0.25) is 0 Å². The van der Waals surface area contributed by atoms with Crippen LogP contribution in [0.3, 0.4) is 0 Å². The number of fused-ring (bicyclic) bond motifs is 1. The van der Waals surface area contributed by atoms with Crippen molar-refractivity contribution in [3.63, 3.8) is 0 Å². The van der Waals surface area contributed by atoms with Crippen molar-refractivity contribution < 1.29 is 4.79 Å². The number of carbonyl (C=O) groups is 1. The van der Waals surface area contributed by atoms with Crippen LogP contribution in [0.5, 0.6) is 0 Å². The molecule has 1 aromatic carbocycles. The lowest BCUT2D eigenvalue weighted by Crippen LogP contribution is -2.20. The van der Waals surface area contributed by atoms with Gasteiger partial charge in [0.15, 0.2) is 5.17 Å². The summed E-state index contributed by atoms with van der Waals surface area (Å²) < 4.78 is 0. The zero-order valence-electron chi connectivity index (χ0n) is 12.5. The standard InChI is InChI=1S/C17H17N3OS/c1-11(2)10-19-17-20-16(21)15(22-17)9-12-5-6-14-13(8-12)4-3-7-18-14/h3-9,11H,10H2,1-2H3,(H,19,20,21). The number of nitrogens with zero attached hydrogens (tertiary/aromatic N) is 2. The maximum Gasteiger partial charge on any atom is 0.264 e. The quantitative estimate of drug-likeness (QED) is 0.883. The second-order valence-corrected chi connectivity index (χ2v) is 6.59. The van der Waals surface area contributed by atoms with Gasteiger partial charge in [-0.05, 0) is 47.5 Å². The van der Waals surface area contributed by atoms with Gasteiger partial charge in [-0.25, -0.2) is 0 Å². The van der Waals surface area contributed by atoms with Gasteiger partial charge in [0.05, 0.1) is 10.4 Å². The highest BCUT2D eigenvalue weighted by Gasteiger charge is 2.23. The van der Waals surface area contributed by atoms with E-state index in [0.717, 1.165) is 23.0 Å². The van der Waals surface area contributed by atoms with E-state index in [2.05, 4.69) is 29.1 Å². The Labute approximate surface area is 133 Å². The van der Waals surface area contributed by atoms with E-state index < -0.39 is 0 Å². The second-order valence-electron chi connectivity index (χ2n) is 5.56. The summed E-state index contributed by atoms with van der Waals surface area (Å²) in [6, 6.07) is 9.90. The third-order valence-electron chi connectivity index (χ3n) is 3.18. The average molecular weight is 311 g/mol. The summed E-state index contributed by atoms with van der Waals surface area (Å²) in [7, 11) is 0. The van der Waals surface area contributed by atoms with Gasteiger partial charge in [0, 0.05) is 18.1 Å². The molecule has 5 heteroatoms. The van der Waals surface area contributed by atoms with Crippen LogP contribution in [0.25, 0.3) is 17.0 Å². The van der Waals surface area contributed by atoms with E-state index >= 15 is 0 Å². The number of thioether (sulfide) groups is 1. The first-order valence-corrected chi connectivity index (χ1v) is 8.03. The van der Waals surface area contributed by atoms with Crippen LogP contribution >= 0.6 is 11.8 Å². The van der Waals surface area contributed by atoms with Crippen molar-refractivity contribution in [1.82, 2.24) is 10.3 Å². The fourth-order valence-electron chi connectivity index (χ4n) is 2.10. The molecular weight excluding hydrogens is 294 g/mol. The first kappa shape index (κ1) is 14.8. The highest BCUT2D eigenvalue weighted by molar-refractivity contribution is 8.18. The zero-order valence-corrected chi connectivity index (χ0v) is 13.4. The third-order valence-corrected chi connectivity index (χ3v) is 4.12. The fourth-order valence-corrected chi connectivity index (χ4v) is 2.93. The molecule has 112 valence electrons. The number of rotatable bonds is 3. The predicted octanol–water partition coefficient (Wildman–Crippen LogP) is 3.45. The van der Waals surface area contributed by atoms with Crippen LogP contribution in [0.1, 0.15) is 19.4 Å². The van der Waals surface area contributed by atoms with Crippen molar-refractivity contribution in [2.45, 2.75) is 13.8 Å². The number of aliphatic imine (C=N–C) groups is 1. The number of nitrogens with one attached hydrogen (secondary N) is 1. The number of aromatic nitrogens is 1. The van der Waals surface area contributed by atoms with Gasteiger partial charge in [-0.15, -0.1) is 0 Å². The summed E-state index contributed by atoms with van der Waals surface area (Å²) in [5, 5.41) is 4.56. The number of pyridine rings is 1. The smallest absolute Gasteiger partial charge is 0.264 e. The molecule has 1 amide bonds. The van der Waals surface area contributed by atoms with E-state index in [9.17, 15) is 4.79 Å². The van der Waals surface area contributed by atoms with E-state index in [-0.39, 0.29) is 5.91 Å². The molecule has 0 saturated carbocycles. The van der Waals surface area contributed by atoms with Crippen LogP contribution in [0.2, 0.25) is 0 Å². The molecule has 0 bridgehead atoms. The van der Waals surface area contributed by atoms with Crippen LogP contribution in [0.4, 0.5) is 0 Å². The summed E-state index contributed by atoms with van der Waals surface area (Å²) in [6.07, 6.45) is 3.67. The molecule has 0 atom stereocenters. The van der Waals surface area contributed by atoms with Crippen LogP contribution in [0, 0.1) is 5.92 Å². The van der Waals surface area contributed by atoms with Gasteiger partial charge in [-0.3, -0.25) is 14.8 Å². The van der Waals surface area contributed by atoms with Crippen molar-refractivity contribution >= 4 is 39.8 Å². The molecule has 4 nitrogen and oxygen atoms in total. The third kappa shape index (κ3) is 3.36. The number of carbonyl (C=O) groups excluding carboxylic acids is 1. The average Bonchev–Trinajstić information content (AvgIpc) is 2.85. The zero-order chi connectivity index (χ0) is 15.5. The monoisotopic (exact) mass is 311 g/mol. The number of amidine groups is 1. The first-order chi connectivity index (χ1) is 10.6. The van der Waals surface area contributed by atoms with Gasteiger partial charge in [0.25, 0.3) is 5.91 Å². The lowest BCUT2D eigenvalue weighted by atomic mass is 10.1. The van der Waals surface area contributed by atoms with Crippen molar-refractivity contribution in [3.8, 4) is 0 Å². The Kier molecular flexibility index (Phi) is 4.24. The van der Waals surface area contributed by atoms with Crippen molar-refractivity contribution in [3.05, 3.63) is 47.0 Å². The van der Waals surface area contributed by atoms with Gasteiger partial charge in [0.1, 0.15) is 0 Å². The largest absolute Gasteiger partial charge is 0.301 e. The molecule has 1 saturated heterocycles. The van der Waals surface area contributed by atoms with E-state index in [4.69, 9.17) is 0 Å².